The summed E-state index contributed by atoms with van der Waals surface area (Å²) in [7, 11) is 1.37. The van der Waals surface area contributed by atoms with Gasteiger partial charge in [-0.1, -0.05) is 13.0 Å². The van der Waals surface area contributed by atoms with Crippen molar-refractivity contribution < 1.29 is 27.4 Å². The number of aryl methyl sites for hydroxylation is 1. The second-order valence-corrected chi connectivity index (χ2v) is 6.45. The van der Waals surface area contributed by atoms with Crippen LogP contribution in [0.1, 0.15) is 31.7 Å². The third kappa shape index (κ3) is 6.14. The Balaban J connectivity index is 1.90. The van der Waals surface area contributed by atoms with Crippen LogP contribution in [0.2, 0.25) is 0 Å². The highest BCUT2D eigenvalue weighted by atomic mass is 19.4. The fraction of sp³-hybridized carbons (Fsp3) is 0.611. The van der Waals surface area contributed by atoms with Crippen molar-refractivity contribution in [3.05, 3.63) is 23.8 Å². The predicted octanol–water partition coefficient (Wildman–Crippen LogP) is 3.83. The monoisotopic (exact) mass is 359 g/mol. The quantitative estimate of drug-likeness (QED) is 0.775. The van der Waals surface area contributed by atoms with Crippen LogP contribution in [0, 0.1) is 5.92 Å². The smallest absolute Gasteiger partial charge is 0.422 e. The van der Waals surface area contributed by atoms with Crippen LogP contribution >= 0.6 is 0 Å². The van der Waals surface area contributed by atoms with Gasteiger partial charge in [0.05, 0.1) is 7.11 Å². The molecule has 1 amide bonds. The summed E-state index contributed by atoms with van der Waals surface area (Å²) in [6.45, 7) is 2.42. The van der Waals surface area contributed by atoms with Gasteiger partial charge in [-0.25, -0.2) is 0 Å². The summed E-state index contributed by atoms with van der Waals surface area (Å²) in [6.07, 6.45) is -1.45. The molecule has 0 N–H and O–H groups in total. The van der Waals surface area contributed by atoms with Gasteiger partial charge in [-0.15, -0.1) is 0 Å². The van der Waals surface area contributed by atoms with Crippen molar-refractivity contribution in [2.45, 2.75) is 38.8 Å². The lowest BCUT2D eigenvalue weighted by Crippen LogP contribution is -2.37. The molecule has 0 saturated carbocycles. The van der Waals surface area contributed by atoms with Crippen LogP contribution in [0.5, 0.6) is 11.5 Å². The second kappa shape index (κ2) is 8.45. The number of nitrogens with zero attached hydrogens (tertiary/aromatic N) is 1. The third-order valence-corrected chi connectivity index (χ3v) is 4.38. The topological polar surface area (TPSA) is 38.8 Å². The summed E-state index contributed by atoms with van der Waals surface area (Å²) in [5, 5.41) is 0. The number of ether oxygens (including phenoxy) is 2. The number of methoxy groups -OCH3 is 1. The molecule has 25 heavy (non-hydrogen) atoms. The van der Waals surface area contributed by atoms with Crippen LogP contribution in [0.3, 0.4) is 0 Å². The zero-order valence-corrected chi connectivity index (χ0v) is 14.6. The van der Waals surface area contributed by atoms with Gasteiger partial charge in [0, 0.05) is 19.5 Å². The molecule has 4 nitrogen and oxygen atoms in total. The van der Waals surface area contributed by atoms with Gasteiger partial charge >= 0.3 is 6.18 Å². The second-order valence-electron chi connectivity index (χ2n) is 6.45. The number of hydrogen-bond donors (Lipinski definition) is 0. The lowest BCUT2D eigenvalue weighted by molar-refractivity contribution is -0.153. The van der Waals surface area contributed by atoms with Crippen LogP contribution in [-0.2, 0) is 11.2 Å². The van der Waals surface area contributed by atoms with Crippen LogP contribution < -0.4 is 9.47 Å². The number of alkyl halides is 3. The number of likely N-dealkylation sites (tertiary alicyclic amines) is 1. The first kappa shape index (κ1) is 19.4. The first-order chi connectivity index (χ1) is 11.8. The van der Waals surface area contributed by atoms with E-state index in [0.717, 1.165) is 31.5 Å². The lowest BCUT2D eigenvalue weighted by Gasteiger charge is -2.30. The highest BCUT2D eigenvalue weighted by Crippen LogP contribution is 2.30. The lowest BCUT2D eigenvalue weighted by atomic mass is 9.98. The van der Waals surface area contributed by atoms with E-state index >= 15 is 0 Å². The fourth-order valence-corrected chi connectivity index (χ4v) is 2.81. The van der Waals surface area contributed by atoms with Crippen molar-refractivity contribution in [2.24, 2.45) is 5.92 Å². The van der Waals surface area contributed by atoms with E-state index in [1.54, 1.807) is 12.1 Å². The van der Waals surface area contributed by atoms with Crippen LogP contribution in [0.15, 0.2) is 18.2 Å². The van der Waals surface area contributed by atoms with Gasteiger partial charge in [0.25, 0.3) is 0 Å². The zero-order chi connectivity index (χ0) is 18.4. The molecule has 1 aromatic carbocycles. The number of carbonyl (C=O) groups is 1. The number of amides is 1. The molecular weight excluding hydrogens is 335 g/mol. The molecule has 0 aliphatic carbocycles. The van der Waals surface area contributed by atoms with E-state index in [-0.39, 0.29) is 17.4 Å². The maximum atomic E-state index is 12.3. The Morgan fingerprint density at radius 3 is 2.52 bits per heavy atom. The molecule has 0 spiro atoms. The van der Waals surface area contributed by atoms with Crippen molar-refractivity contribution in [1.82, 2.24) is 4.90 Å². The largest absolute Gasteiger partial charge is 0.493 e. The normalized spacial score (nSPS) is 16.0. The van der Waals surface area contributed by atoms with Crippen molar-refractivity contribution in [3.8, 4) is 11.5 Å². The Kier molecular flexibility index (Phi) is 6.56. The van der Waals surface area contributed by atoms with Crippen molar-refractivity contribution >= 4 is 5.91 Å². The number of benzene rings is 1. The first-order valence-electron chi connectivity index (χ1n) is 8.42. The molecule has 0 radical (unpaired) electrons. The molecule has 0 unspecified atom stereocenters. The van der Waals surface area contributed by atoms with E-state index in [2.05, 4.69) is 6.92 Å². The standard InChI is InChI=1S/C18H24F3NO3/c1-13-7-9-22(10-8-13)17(23)6-4-14-3-5-15(16(11-14)24-2)25-12-18(19,20)21/h3,5,11,13H,4,6-10,12H2,1-2H3. The van der Waals surface area contributed by atoms with Gasteiger partial charge in [0.15, 0.2) is 18.1 Å². The predicted molar refractivity (Wildman–Crippen MR) is 87.8 cm³/mol. The maximum absolute atomic E-state index is 12.3. The van der Waals surface area contributed by atoms with Crippen LogP contribution in [-0.4, -0.2) is 43.8 Å². The molecular formula is C18H24F3NO3. The average molecular weight is 359 g/mol. The van der Waals surface area contributed by atoms with E-state index in [9.17, 15) is 18.0 Å². The van der Waals surface area contributed by atoms with E-state index < -0.39 is 12.8 Å². The summed E-state index contributed by atoms with van der Waals surface area (Å²) >= 11 is 0. The van der Waals surface area contributed by atoms with Gasteiger partial charge < -0.3 is 14.4 Å². The van der Waals surface area contributed by atoms with E-state index in [4.69, 9.17) is 9.47 Å². The summed E-state index contributed by atoms with van der Waals surface area (Å²) in [5.41, 5.74) is 0.829. The number of carbonyl (C=O) groups excluding carboxylic acids is 1. The molecule has 140 valence electrons. The molecule has 2 rings (SSSR count). The highest BCUT2D eigenvalue weighted by Gasteiger charge is 2.29. The van der Waals surface area contributed by atoms with Gasteiger partial charge in [-0.05, 0) is 42.9 Å². The number of rotatable bonds is 6. The summed E-state index contributed by atoms with van der Waals surface area (Å²) in [5.74, 6) is 1.06. The molecule has 1 saturated heterocycles. The van der Waals surface area contributed by atoms with E-state index in [1.807, 2.05) is 4.90 Å². The van der Waals surface area contributed by atoms with E-state index in [0.29, 0.717) is 18.8 Å². The number of piperidine rings is 1. The summed E-state index contributed by atoms with van der Waals surface area (Å²) < 4.78 is 46.6. The number of hydrogen-bond acceptors (Lipinski definition) is 3. The molecule has 7 heteroatoms. The number of halogens is 3. The van der Waals surface area contributed by atoms with Crippen molar-refractivity contribution in [2.75, 3.05) is 26.8 Å². The molecule has 0 aromatic heterocycles. The first-order valence-corrected chi connectivity index (χ1v) is 8.42. The van der Waals surface area contributed by atoms with Gasteiger partial charge in [0.1, 0.15) is 0 Å². The zero-order valence-electron chi connectivity index (χ0n) is 14.6. The Bertz CT molecular complexity index is 581. The minimum Gasteiger partial charge on any atom is -0.493 e. The maximum Gasteiger partial charge on any atom is 0.422 e. The van der Waals surface area contributed by atoms with Crippen LogP contribution in [0.4, 0.5) is 13.2 Å². The van der Waals surface area contributed by atoms with E-state index in [1.165, 1.54) is 13.2 Å². The summed E-state index contributed by atoms with van der Waals surface area (Å²) in [4.78, 5) is 14.1. The molecule has 1 fully saturated rings. The SMILES string of the molecule is COc1cc(CCC(=O)N2CCC(C)CC2)ccc1OCC(F)(F)F. The summed E-state index contributed by atoms with van der Waals surface area (Å²) in [6, 6.07) is 4.74. The fourth-order valence-electron chi connectivity index (χ4n) is 2.81. The Hall–Kier alpha value is -1.92. The van der Waals surface area contributed by atoms with Crippen molar-refractivity contribution in [1.29, 1.82) is 0 Å². The van der Waals surface area contributed by atoms with Gasteiger partial charge in [-0.3, -0.25) is 4.79 Å². The molecule has 0 bridgehead atoms. The van der Waals surface area contributed by atoms with Crippen molar-refractivity contribution in [3.63, 3.8) is 0 Å². The molecule has 1 heterocycles. The van der Waals surface area contributed by atoms with Crippen LogP contribution in [0.25, 0.3) is 0 Å². The molecule has 1 aliphatic rings. The minimum absolute atomic E-state index is 0.0416. The van der Waals surface area contributed by atoms with Gasteiger partial charge in [-0.2, -0.15) is 13.2 Å². The Labute approximate surface area is 145 Å². The minimum atomic E-state index is -4.40. The molecule has 1 aliphatic heterocycles. The molecule has 0 atom stereocenters. The van der Waals surface area contributed by atoms with Gasteiger partial charge in [0.2, 0.25) is 5.91 Å². The Morgan fingerprint density at radius 1 is 1.24 bits per heavy atom. The third-order valence-electron chi connectivity index (χ3n) is 4.38. The Morgan fingerprint density at radius 2 is 1.92 bits per heavy atom. The molecule has 1 aromatic rings. The highest BCUT2D eigenvalue weighted by molar-refractivity contribution is 5.76. The average Bonchev–Trinajstić information content (AvgIpc) is 2.58.